The second kappa shape index (κ2) is 11.8. The van der Waals surface area contributed by atoms with Gasteiger partial charge in [0.2, 0.25) is 5.91 Å². The fraction of sp³-hybridized carbons (Fsp3) is 0.556. The van der Waals surface area contributed by atoms with Crippen molar-refractivity contribution in [3.05, 3.63) is 46.2 Å². The summed E-state index contributed by atoms with van der Waals surface area (Å²) in [6.45, 7) is 11.5. The van der Waals surface area contributed by atoms with Crippen molar-refractivity contribution in [2.45, 2.75) is 59.0 Å². The van der Waals surface area contributed by atoms with E-state index in [0.717, 1.165) is 18.4 Å². The fourth-order valence-corrected chi connectivity index (χ4v) is 5.09. The minimum atomic E-state index is -0.379. The predicted octanol–water partition coefficient (Wildman–Crippen LogP) is 5.12. The Balaban J connectivity index is 1.79. The SMILES string of the molecule is CC[C@H](C)CN(CC(=O)N1CCc2sccc2[C@H]1COc1ccccc1OC)C(=O)NC(C)(C)C. The van der Waals surface area contributed by atoms with Crippen molar-refractivity contribution in [2.75, 3.05) is 33.4 Å². The Hall–Kier alpha value is -2.74. The number of hydrogen-bond acceptors (Lipinski definition) is 5. The first-order chi connectivity index (χ1) is 16.6. The number of carbonyl (C=O) groups is 2. The number of rotatable bonds is 9. The summed E-state index contributed by atoms with van der Waals surface area (Å²) in [7, 11) is 1.62. The molecule has 1 aromatic heterocycles. The molecule has 1 aromatic carbocycles. The molecule has 7 nitrogen and oxygen atoms in total. The third kappa shape index (κ3) is 7.13. The molecule has 192 valence electrons. The minimum absolute atomic E-state index is 0.0386. The molecule has 0 spiro atoms. The van der Waals surface area contributed by atoms with Gasteiger partial charge in [-0.2, -0.15) is 0 Å². The lowest BCUT2D eigenvalue weighted by Crippen LogP contribution is -2.53. The van der Waals surface area contributed by atoms with Crippen LogP contribution in [0.15, 0.2) is 35.7 Å². The van der Waals surface area contributed by atoms with Gasteiger partial charge in [-0.05, 0) is 62.3 Å². The number of methoxy groups -OCH3 is 1. The lowest BCUT2D eigenvalue weighted by molar-refractivity contribution is -0.135. The molecule has 1 N–H and O–H groups in total. The normalized spacial score (nSPS) is 16.3. The van der Waals surface area contributed by atoms with Crippen LogP contribution < -0.4 is 14.8 Å². The van der Waals surface area contributed by atoms with Crippen LogP contribution in [0.25, 0.3) is 0 Å². The second-order valence-corrected chi connectivity index (χ2v) is 11.2. The largest absolute Gasteiger partial charge is 0.493 e. The summed E-state index contributed by atoms with van der Waals surface area (Å²) >= 11 is 1.72. The Kier molecular flexibility index (Phi) is 9.05. The van der Waals surface area contributed by atoms with Gasteiger partial charge < -0.3 is 24.6 Å². The van der Waals surface area contributed by atoms with Crippen LogP contribution in [0.2, 0.25) is 0 Å². The van der Waals surface area contributed by atoms with Crippen molar-refractivity contribution >= 4 is 23.3 Å². The Morgan fingerprint density at radius 1 is 1.23 bits per heavy atom. The molecule has 2 heterocycles. The van der Waals surface area contributed by atoms with E-state index in [-0.39, 0.29) is 30.1 Å². The van der Waals surface area contributed by atoms with E-state index in [2.05, 4.69) is 30.6 Å². The highest BCUT2D eigenvalue weighted by molar-refractivity contribution is 7.10. The van der Waals surface area contributed by atoms with Crippen LogP contribution in [0, 0.1) is 5.92 Å². The summed E-state index contributed by atoms with van der Waals surface area (Å²) in [5.74, 6) is 1.53. The summed E-state index contributed by atoms with van der Waals surface area (Å²) < 4.78 is 11.6. The maximum Gasteiger partial charge on any atom is 0.318 e. The zero-order valence-corrected chi connectivity index (χ0v) is 22.6. The topological polar surface area (TPSA) is 71.1 Å². The van der Waals surface area contributed by atoms with E-state index in [1.807, 2.05) is 49.9 Å². The lowest BCUT2D eigenvalue weighted by Gasteiger charge is -2.38. The number of amides is 3. The van der Waals surface area contributed by atoms with Crippen molar-refractivity contribution in [1.29, 1.82) is 0 Å². The second-order valence-electron chi connectivity index (χ2n) is 10.2. The molecule has 2 aromatic rings. The Bertz CT molecular complexity index is 1000. The molecule has 0 bridgehead atoms. The molecule has 2 atom stereocenters. The van der Waals surface area contributed by atoms with Crippen LogP contribution in [0.1, 0.15) is 57.5 Å². The number of benzene rings is 1. The summed E-state index contributed by atoms with van der Waals surface area (Å²) in [6, 6.07) is 9.17. The number of urea groups is 1. The summed E-state index contributed by atoms with van der Waals surface area (Å²) in [5.41, 5.74) is 0.743. The summed E-state index contributed by atoms with van der Waals surface area (Å²) in [4.78, 5) is 31.5. The smallest absolute Gasteiger partial charge is 0.318 e. The number of carbonyl (C=O) groups excluding carboxylic acids is 2. The first-order valence-electron chi connectivity index (χ1n) is 12.3. The molecule has 0 saturated carbocycles. The van der Waals surface area contributed by atoms with Crippen LogP contribution in [-0.2, 0) is 11.2 Å². The number of ether oxygens (including phenoxy) is 2. The van der Waals surface area contributed by atoms with Gasteiger partial charge in [-0.25, -0.2) is 4.79 Å². The Morgan fingerprint density at radius 2 is 1.94 bits per heavy atom. The number of thiophene rings is 1. The first-order valence-corrected chi connectivity index (χ1v) is 13.2. The van der Waals surface area contributed by atoms with Crippen LogP contribution in [0.4, 0.5) is 4.79 Å². The minimum Gasteiger partial charge on any atom is -0.493 e. The average Bonchev–Trinajstić information content (AvgIpc) is 3.30. The van der Waals surface area contributed by atoms with E-state index in [1.165, 1.54) is 4.88 Å². The number of para-hydroxylation sites is 2. The van der Waals surface area contributed by atoms with E-state index in [1.54, 1.807) is 23.3 Å². The molecule has 8 heteroatoms. The third-order valence-corrected chi connectivity index (χ3v) is 7.20. The van der Waals surface area contributed by atoms with Gasteiger partial charge in [0.05, 0.1) is 13.2 Å². The highest BCUT2D eigenvalue weighted by Gasteiger charge is 2.34. The number of hydrogen-bond donors (Lipinski definition) is 1. The van der Waals surface area contributed by atoms with Crippen molar-refractivity contribution < 1.29 is 19.1 Å². The van der Waals surface area contributed by atoms with Gasteiger partial charge in [-0.1, -0.05) is 32.4 Å². The van der Waals surface area contributed by atoms with Crippen LogP contribution >= 0.6 is 11.3 Å². The van der Waals surface area contributed by atoms with Gasteiger partial charge in [0.25, 0.3) is 0 Å². The van der Waals surface area contributed by atoms with Crippen LogP contribution in [0.5, 0.6) is 11.5 Å². The zero-order chi connectivity index (χ0) is 25.6. The quantitative estimate of drug-likeness (QED) is 0.518. The molecule has 35 heavy (non-hydrogen) atoms. The van der Waals surface area contributed by atoms with Gasteiger partial charge in [-0.3, -0.25) is 4.79 Å². The Morgan fingerprint density at radius 3 is 2.60 bits per heavy atom. The molecule has 0 radical (unpaired) electrons. The third-order valence-electron chi connectivity index (χ3n) is 6.21. The molecule has 0 aliphatic carbocycles. The van der Waals surface area contributed by atoms with Crippen molar-refractivity contribution in [2.24, 2.45) is 5.92 Å². The van der Waals surface area contributed by atoms with Crippen molar-refractivity contribution in [3.8, 4) is 11.5 Å². The summed E-state index contributed by atoms with van der Waals surface area (Å²) in [6.07, 6.45) is 1.74. The maximum absolute atomic E-state index is 13.7. The average molecular weight is 502 g/mol. The van der Waals surface area contributed by atoms with E-state index in [9.17, 15) is 9.59 Å². The molecular formula is C27H39N3O4S. The van der Waals surface area contributed by atoms with Gasteiger partial charge in [0.15, 0.2) is 11.5 Å². The zero-order valence-electron chi connectivity index (χ0n) is 21.8. The molecule has 3 amide bonds. The molecule has 1 aliphatic rings. The predicted molar refractivity (Wildman–Crippen MR) is 140 cm³/mol. The van der Waals surface area contributed by atoms with E-state index < -0.39 is 0 Å². The molecular weight excluding hydrogens is 462 g/mol. The van der Waals surface area contributed by atoms with Crippen LogP contribution in [-0.4, -0.2) is 60.6 Å². The highest BCUT2D eigenvalue weighted by atomic mass is 32.1. The lowest BCUT2D eigenvalue weighted by atomic mass is 10.00. The standard InChI is InChI=1S/C27H39N3O4S/c1-7-19(2)16-29(26(32)28-27(3,4)5)17-25(31)30-14-12-24-20(13-15-35-24)21(30)18-34-23-11-9-8-10-22(23)33-6/h8-11,13,15,19,21H,7,12,14,16-18H2,1-6H3,(H,28,32)/t19-,21+/m0/s1. The molecule has 1 aliphatic heterocycles. The number of fused-ring (bicyclic) bond motifs is 1. The first kappa shape index (κ1) is 26.9. The molecule has 0 saturated heterocycles. The highest BCUT2D eigenvalue weighted by Crippen LogP contribution is 2.35. The van der Waals surface area contributed by atoms with Crippen LogP contribution in [0.3, 0.4) is 0 Å². The van der Waals surface area contributed by atoms with E-state index in [0.29, 0.717) is 37.1 Å². The number of nitrogens with one attached hydrogen (secondary N) is 1. The Labute approximate surface area is 213 Å². The number of nitrogens with zero attached hydrogens (tertiary/aromatic N) is 2. The maximum atomic E-state index is 13.7. The molecule has 0 unspecified atom stereocenters. The van der Waals surface area contributed by atoms with Crippen molar-refractivity contribution in [1.82, 2.24) is 15.1 Å². The van der Waals surface area contributed by atoms with Gasteiger partial charge in [-0.15, -0.1) is 11.3 Å². The van der Waals surface area contributed by atoms with E-state index >= 15 is 0 Å². The summed E-state index contributed by atoms with van der Waals surface area (Å²) in [5, 5.41) is 5.09. The van der Waals surface area contributed by atoms with Crippen molar-refractivity contribution in [3.63, 3.8) is 0 Å². The monoisotopic (exact) mass is 501 g/mol. The molecule has 0 fully saturated rings. The van der Waals surface area contributed by atoms with Gasteiger partial charge in [0.1, 0.15) is 13.2 Å². The van der Waals surface area contributed by atoms with Gasteiger partial charge in [0, 0.05) is 23.5 Å². The fourth-order valence-electron chi connectivity index (χ4n) is 4.16. The van der Waals surface area contributed by atoms with E-state index in [4.69, 9.17) is 9.47 Å². The molecule has 3 rings (SSSR count). The van der Waals surface area contributed by atoms with Gasteiger partial charge >= 0.3 is 6.03 Å².